The Morgan fingerprint density at radius 3 is 1.42 bits per heavy atom. The molecule has 0 spiro atoms. The van der Waals surface area contributed by atoms with E-state index in [4.69, 9.17) is 0 Å². The third kappa shape index (κ3) is 6.31. The van der Waals surface area contributed by atoms with E-state index in [9.17, 15) is 0 Å². The Morgan fingerprint density at radius 1 is 0.434 bits per heavy atom. The van der Waals surface area contributed by atoms with E-state index in [1.165, 1.54) is 140 Å². The van der Waals surface area contributed by atoms with Gasteiger partial charge in [0.25, 0.3) is 0 Å². The molecular weight excluding hydrogens is 637 g/mol. The smallest absolute Gasteiger partial charge is 0.0654 e. The highest BCUT2D eigenvalue weighted by molar-refractivity contribution is 6.15. The lowest BCUT2D eigenvalue weighted by Gasteiger charge is -2.34. The number of hydrogen-bond acceptors (Lipinski definition) is 0. The van der Waals surface area contributed by atoms with Crippen molar-refractivity contribution in [2.75, 3.05) is 0 Å². The minimum atomic E-state index is -0.440. The van der Waals surface area contributed by atoms with Gasteiger partial charge < -0.3 is 0 Å². The Balaban J connectivity index is 1.36. The van der Waals surface area contributed by atoms with Crippen LogP contribution in [0.25, 0.3) is 43.8 Å². The fourth-order valence-electron chi connectivity index (χ4n) is 9.39. The number of aryl methyl sites for hydroxylation is 4. The van der Waals surface area contributed by atoms with Gasteiger partial charge in [0, 0.05) is 0 Å². The molecule has 1 aliphatic rings. The molecule has 266 valence electrons. The third-order valence-corrected chi connectivity index (χ3v) is 12.2. The maximum atomic E-state index is 2.56. The first kappa shape index (κ1) is 35.1. The molecule has 0 aliphatic heterocycles. The first-order valence-electron chi connectivity index (χ1n) is 20.4. The highest BCUT2D eigenvalue weighted by Crippen LogP contribution is 2.57. The quantitative estimate of drug-likeness (QED) is 0.0834. The van der Waals surface area contributed by atoms with Crippen LogP contribution in [0.15, 0.2) is 133 Å². The molecular formula is C53H54. The fourth-order valence-corrected chi connectivity index (χ4v) is 9.39. The van der Waals surface area contributed by atoms with Gasteiger partial charge in [-0.2, -0.15) is 0 Å². The zero-order valence-electron chi connectivity index (χ0n) is 32.3. The second kappa shape index (κ2) is 15.2. The van der Waals surface area contributed by atoms with Gasteiger partial charge >= 0.3 is 0 Å². The van der Waals surface area contributed by atoms with Crippen molar-refractivity contribution in [2.45, 2.75) is 97.3 Å². The molecule has 0 radical (unpaired) electrons. The SMILES string of the molecule is CCCCCCc1ccc(C2(c3ccc(CCCCCC)cc3)c3cc(C)ccc3-c3ccc(-c4c5ccccc5c(C)c5ccccc45)cc32)cc1. The van der Waals surface area contributed by atoms with Crippen LogP contribution in [0.3, 0.4) is 0 Å². The van der Waals surface area contributed by atoms with Crippen molar-refractivity contribution < 1.29 is 0 Å². The molecule has 0 saturated heterocycles. The zero-order chi connectivity index (χ0) is 36.4. The molecule has 0 saturated carbocycles. The lowest BCUT2D eigenvalue weighted by Crippen LogP contribution is -2.29. The molecule has 0 bridgehead atoms. The largest absolute Gasteiger partial charge is 0.0713 e. The van der Waals surface area contributed by atoms with Crippen molar-refractivity contribution in [2.24, 2.45) is 0 Å². The van der Waals surface area contributed by atoms with Crippen LogP contribution in [-0.4, -0.2) is 0 Å². The lowest BCUT2D eigenvalue weighted by molar-refractivity contribution is 0.666. The van der Waals surface area contributed by atoms with Crippen molar-refractivity contribution in [3.8, 4) is 22.3 Å². The van der Waals surface area contributed by atoms with Crippen molar-refractivity contribution >= 4 is 21.5 Å². The van der Waals surface area contributed by atoms with Gasteiger partial charge in [0.2, 0.25) is 0 Å². The highest BCUT2D eigenvalue weighted by atomic mass is 14.5. The Labute approximate surface area is 317 Å². The average Bonchev–Trinajstić information content (AvgIpc) is 3.48. The molecule has 8 rings (SSSR count). The van der Waals surface area contributed by atoms with Crippen LogP contribution < -0.4 is 0 Å². The van der Waals surface area contributed by atoms with E-state index in [-0.39, 0.29) is 0 Å². The predicted octanol–water partition coefficient (Wildman–Crippen LogP) is 14.9. The molecule has 7 aromatic carbocycles. The number of unbranched alkanes of at least 4 members (excludes halogenated alkanes) is 6. The van der Waals surface area contributed by atoms with Gasteiger partial charge in [-0.15, -0.1) is 0 Å². The molecule has 0 heteroatoms. The van der Waals surface area contributed by atoms with Gasteiger partial charge in [0.05, 0.1) is 5.41 Å². The minimum absolute atomic E-state index is 0.440. The molecule has 0 atom stereocenters. The monoisotopic (exact) mass is 690 g/mol. The van der Waals surface area contributed by atoms with Gasteiger partial charge in [-0.1, -0.05) is 185 Å². The van der Waals surface area contributed by atoms with E-state index in [1.807, 2.05) is 0 Å². The van der Waals surface area contributed by atoms with Crippen molar-refractivity contribution in [1.29, 1.82) is 0 Å². The standard InChI is InChI=1S/C53H54/c1-5-7-9-11-17-39-24-29-42(30-25-39)53(43-31-26-40(27-32-43)18-12-10-8-6-2)50-35-37(3)23-33-46(50)47-34-28-41(36-51(47)53)52-48-21-15-13-19-44(48)38(4)45-20-14-16-22-49(45)52/h13-16,19-36H,5-12,17-18H2,1-4H3. The maximum absolute atomic E-state index is 2.56. The summed E-state index contributed by atoms with van der Waals surface area (Å²) in [6, 6.07) is 52.0. The summed E-state index contributed by atoms with van der Waals surface area (Å²) >= 11 is 0. The van der Waals surface area contributed by atoms with E-state index in [0.29, 0.717) is 0 Å². The minimum Gasteiger partial charge on any atom is -0.0654 e. The molecule has 1 aliphatic carbocycles. The highest BCUT2D eigenvalue weighted by Gasteiger charge is 2.46. The Bertz CT molecular complexity index is 2260. The number of fused-ring (bicyclic) bond motifs is 5. The second-order valence-corrected chi connectivity index (χ2v) is 15.7. The first-order valence-corrected chi connectivity index (χ1v) is 20.4. The Morgan fingerprint density at radius 2 is 0.906 bits per heavy atom. The molecule has 0 heterocycles. The molecule has 0 amide bonds. The van der Waals surface area contributed by atoms with Crippen LogP contribution >= 0.6 is 0 Å². The van der Waals surface area contributed by atoms with Crippen LogP contribution in [-0.2, 0) is 18.3 Å². The Hall–Kier alpha value is -4.94. The predicted molar refractivity (Wildman–Crippen MR) is 229 cm³/mol. The summed E-state index contributed by atoms with van der Waals surface area (Å²) < 4.78 is 0. The van der Waals surface area contributed by atoms with E-state index in [1.54, 1.807) is 0 Å². The summed E-state index contributed by atoms with van der Waals surface area (Å²) in [5.74, 6) is 0. The van der Waals surface area contributed by atoms with Crippen LogP contribution in [0.5, 0.6) is 0 Å². The topological polar surface area (TPSA) is 0 Å². The number of benzene rings is 7. The Kier molecular flexibility index (Phi) is 10.1. The van der Waals surface area contributed by atoms with E-state index >= 15 is 0 Å². The molecule has 0 N–H and O–H groups in total. The molecule has 0 aromatic heterocycles. The maximum Gasteiger partial charge on any atom is 0.0713 e. The molecule has 7 aromatic rings. The molecule has 53 heavy (non-hydrogen) atoms. The number of hydrogen-bond donors (Lipinski definition) is 0. The van der Waals surface area contributed by atoms with Crippen molar-refractivity contribution in [3.05, 3.63) is 178 Å². The van der Waals surface area contributed by atoms with E-state index < -0.39 is 5.41 Å². The summed E-state index contributed by atoms with van der Waals surface area (Å²) in [5.41, 5.74) is 15.9. The average molecular weight is 691 g/mol. The van der Waals surface area contributed by atoms with E-state index in [2.05, 4.69) is 161 Å². The third-order valence-electron chi connectivity index (χ3n) is 12.2. The zero-order valence-corrected chi connectivity index (χ0v) is 32.3. The fraction of sp³-hybridized carbons (Fsp3) is 0.283. The lowest BCUT2D eigenvalue weighted by atomic mass is 9.67. The van der Waals surface area contributed by atoms with Crippen LogP contribution in [0.1, 0.15) is 110 Å². The number of rotatable bonds is 13. The molecule has 0 fully saturated rings. The summed E-state index contributed by atoms with van der Waals surface area (Å²) in [6.07, 6.45) is 12.6. The molecule has 0 unspecified atom stereocenters. The molecule has 0 nitrogen and oxygen atoms in total. The van der Waals surface area contributed by atoms with Gasteiger partial charge in [-0.05, 0) is 128 Å². The summed E-state index contributed by atoms with van der Waals surface area (Å²) in [6.45, 7) is 9.12. The van der Waals surface area contributed by atoms with Gasteiger partial charge in [-0.25, -0.2) is 0 Å². The summed E-state index contributed by atoms with van der Waals surface area (Å²) in [4.78, 5) is 0. The van der Waals surface area contributed by atoms with Gasteiger partial charge in [0.1, 0.15) is 0 Å². The van der Waals surface area contributed by atoms with Gasteiger partial charge in [0.15, 0.2) is 0 Å². The normalized spacial score (nSPS) is 13.1. The summed E-state index contributed by atoms with van der Waals surface area (Å²) in [7, 11) is 0. The van der Waals surface area contributed by atoms with E-state index in [0.717, 1.165) is 12.8 Å². The van der Waals surface area contributed by atoms with Crippen LogP contribution in [0.2, 0.25) is 0 Å². The van der Waals surface area contributed by atoms with Crippen LogP contribution in [0, 0.1) is 13.8 Å². The second-order valence-electron chi connectivity index (χ2n) is 15.7. The van der Waals surface area contributed by atoms with Crippen LogP contribution in [0.4, 0.5) is 0 Å². The first-order chi connectivity index (χ1) is 26.0. The summed E-state index contributed by atoms with van der Waals surface area (Å²) in [5, 5.41) is 5.30. The van der Waals surface area contributed by atoms with Gasteiger partial charge in [-0.3, -0.25) is 0 Å². The van der Waals surface area contributed by atoms with Crippen molar-refractivity contribution in [1.82, 2.24) is 0 Å². The van der Waals surface area contributed by atoms with Crippen molar-refractivity contribution in [3.63, 3.8) is 0 Å².